The van der Waals surface area contributed by atoms with Crippen LogP contribution in [0.25, 0.3) is 0 Å². The monoisotopic (exact) mass is 499 g/mol. The normalized spacial score (nSPS) is 28.0. The molecule has 8 heteroatoms. The molecule has 2 fully saturated rings. The van der Waals surface area contributed by atoms with Crippen molar-refractivity contribution in [3.05, 3.63) is 23.8 Å². The number of aliphatic imine (C=N–C) groups is 1. The average molecular weight is 500 g/mol. The van der Waals surface area contributed by atoms with Gasteiger partial charge in [-0.3, -0.25) is 4.99 Å². The van der Waals surface area contributed by atoms with Gasteiger partial charge in [0.25, 0.3) is 0 Å². The Balaban J connectivity index is 1.66. The summed E-state index contributed by atoms with van der Waals surface area (Å²) in [6, 6.07) is 3.19. The van der Waals surface area contributed by atoms with Crippen LogP contribution in [0.3, 0.4) is 0 Å². The number of nitrogens with zero attached hydrogens (tertiary/aromatic N) is 1. The highest BCUT2D eigenvalue weighted by Crippen LogP contribution is 2.53. The molecule has 2 aliphatic heterocycles. The molecule has 192 valence electrons. The van der Waals surface area contributed by atoms with Gasteiger partial charge >= 0.3 is 0 Å². The zero-order chi connectivity index (χ0) is 24.0. The van der Waals surface area contributed by atoms with E-state index in [2.05, 4.69) is 0 Å². The van der Waals surface area contributed by atoms with Crippen LogP contribution in [0.1, 0.15) is 71.1 Å². The Morgan fingerprint density at radius 2 is 1.94 bits per heavy atom. The van der Waals surface area contributed by atoms with Gasteiger partial charge in [0.2, 0.25) is 5.82 Å². The number of rotatable bonds is 10. The summed E-state index contributed by atoms with van der Waals surface area (Å²) in [6.45, 7) is 3.57. The fraction of sp³-hybridized carbons (Fsp3) is 0.731. The third-order valence-electron chi connectivity index (χ3n) is 6.95. The van der Waals surface area contributed by atoms with Crippen molar-refractivity contribution in [2.24, 2.45) is 4.99 Å². The first-order chi connectivity index (χ1) is 16.6. The van der Waals surface area contributed by atoms with Gasteiger partial charge in [-0.05, 0) is 50.7 Å². The SMILES string of the molecule is CCCCOc1ccc([SH]2CC(COC)N=C2C2(OC3CCCCO3)CCCCC2)c(F)c1F. The Kier molecular flexibility index (Phi) is 9.24. The summed E-state index contributed by atoms with van der Waals surface area (Å²) in [5.74, 6) is -1.10. The van der Waals surface area contributed by atoms with Crippen LogP contribution in [0, 0.1) is 11.6 Å². The van der Waals surface area contributed by atoms with Gasteiger partial charge in [0.05, 0.1) is 24.3 Å². The minimum absolute atomic E-state index is 0.0185. The van der Waals surface area contributed by atoms with E-state index in [1.807, 2.05) is 6.92 Å². The molecular weight excluding hydrogens is 460 g/mol. The zero-order valence-electron chi connectivity index (χ0n) is 20.5. The van der Waals surface area contributed by atoms with Crippen molar-refractivity contribution in [2.45, 2.75) is 94.0 Å². The van der Waals surface area contributed by atoms with Crippen LogP contribution in [0.2, 0.25) is 0 Å². The lowest BCUT2D eigenvalue weighted by Gasteiger charge is -2.43. The lowest BCUT2D eigenvalue weighted by Crippen LogP contribution is -2.46. The van der Waals surface area contributed by atoms with Crippen molar-refractivity contribution < 1.29 is 27.7 Å². The molecule has 0 spiro atoms. The number of halogens is 2. The van der Waals surface area contributed by atoms with E-state index < -0.39 is 28.1 Å². The van der Waals surface area contributed by atoms with Crippen LogP contribution >= 0.6 is 10.9 Å². The molecule has 1 aromatic carbocycles. The van der Waals surface area contributed by atoms with E-state index in [0.29, 0.717) is 30.5 Å². The van der Waals surface area contributed by atoms with Gasteiger partial charge in [0.15, 0.2) is 17.9 Å². The van der Waals surface area contributed by atoms with E-state index in [9.17, 15) is 0 Å². The van der Waals surface area contributed by atoms with E-state index in [4.69, 9.17) is 23.9 Å². The fourth-order valence-corrected chi connectivity index (χ4v) is 8.05. The van der Waals surface area contributed by atoms with Crippen molar-refractivity contribution >= 4 is 15.9 Å². The van der Waals surface area contributed by atoms with Crippen molar-refractivity contribution in [1.29, 1.82) is 0 Å². The molecule has 0 bridgehead atoms. The van der Waals surface area contributed by atoms with Gasteiger partial charge in [-0.15, -0.1) is 0 Å². The highest BCUT2D eigenvalue weighted by molar-refractivity contribution is 8.30. The Hall–Kier alpha value is -1.22. The third-order valence-corrected chi connectivity index (χ3v) is 9.70. The second-order valence-corrected chi connectivity index (χ2v) is 11.7. The molecule has 0 aromatic heterocycles. The Bertz CT molecular complexity index is 840. The molecule has 34 heavy (non-hydrogen) atoms. The lowest BCUT2D eigenvalue weighted by molar-refractivity contribution is -0.210. The van der Waals surface area contributed by atoms with Crippen LogP contribution in [0.15, 0.2) is 22.0 Å². The number of methoxy groups -OCH3 is 1. The molecule has 1 saturated carbocycles. The number of unbranched alkanes of at least 4 members (excludes halogenated alkanes) is 1. The van der Waals surface area contributed by atoms with Crippen molar-refractivity contribution in [2.75, 3.05) is 32.7 Å². The maximum atomic E-state index is 15.5. The van der Waals surface area contributed by atoms with E-state index >= 15 is 8.78 Å². The molecule has 4 rings (SSSR count). The number of hydrogen-bond acceptors (Lipinski definition) is 5. The molecule has 1 aromatic rings. The molecule has 2 heterocycles. The van der Waals surface area contributed by atoms with Gasteiger partial charge < -0.3 is 18.9 Å². The molecular formula is C26H39F2NO4S. The summed E-state index contributed by atoms with van der Waals surface area (Å²) in [4.78, 5) is 5.46. The van der Waals surface area contributed by atoms with Crippen LogP contribution < -0.4 is 4.74 Å². The first kappa shape index (κ1) is 25.9. The maximum absolute atomic E-state index is 15.5. The summed E-state index contributed by atoms with van der Waals surface area (Å²) in [5.41, 5.74) is -0.576. The average Bonchev–Trinajstić information content (AvgIpc) is 3.28. The quantitative estimate of drug-likeness (QED) is 0.309. The highest BCUT2D eigenvalue weighted by atomic mass is 32.2. The van der Waals surface area contributed by atoms with E-state index in [0.717, 1.165) is 69.3 Å². The van der Waals surface area contributed by atoms with Crippen LogP contribution in [-0.2, 0) is 14.2 Å². The lowest BCUT2D eigenvalue weighted by atomic mass is 9.85. The second kappa shape index (κ2) is 12.2. The van der Waals surface area contributed by atoms with E-state index in [-0.39, 0.29) is 18.1 Å². The van der Waals surface area contributed by atoms with Crippen LogP contribution in [0.4, 0.5) is 8.78 Å². The smallest absolute Gasteiger partial charge is 0.201 e. The zero-order valence-corrected chi connectivity index (χ0v) is 21.4. The topological polar surface area (TPSA) is 49.3 Å². The molecule has 5 nitrogen and oxygen atoms in total. The largest absolute Gasteiger partial charge is 0.490 e. The summed E-state index contributed by atoms with van der Waals surface area (Å²) >= 11 is 0. The highest BCUT2D eigenvalue weighted by Gasteiger charge is 2.47. The van der Waals surface area contributed by atoms with Crippen LogP contribution in [-0.4, -0.2) is 55.7 Å². The minimum Gasteiger partial charge on any atom is -0.490 e. The molecule has 1 saturated heterocycles. The summed E-state index contributed by atoms with van der Waals surface area (Å²) < 4.78 is 54.1. The molecule has 1 aliphatic carbocycles. The van der Waals surface area contributed by atoms with E-state index in [1.54, 1.807) is 19.2 Å². The Morgan fingerprint density at radius 1 is 1.12 bits per heavy atom. The number of thiol groups is 1. The number of benzene rings is 1. The number of hydrogen-bond donors (Lipinski definition) is 1. The van der Waals surface area contributed by atoms with Gasteiger partial charge in [-0.2, -0.15) is 15.3 Å². The first-order valence-corrected chi connectivity index (χ1v) is 14.4. The molecule has 0 amide bonds. The van der Waals surface area contributed by atoms with Crippen molar-refractivity contribution in [3.63, 3.8) is 0 Å². The summed E-state index contributed by atoms with van der Waals surface area (Å²) in [7, 11) is 0.455. The number of ether oxygens (including phenoxy) is 4. The predicted molar refractivity (Wildman–Crippen MR) is 132 cm³/mol. The molecule has 3 atom stereocenters. The fourth-order valence-electron chi connectivity index (χ4n) is 5.18. The standard InChI is InChI=1S/C26H39F2NO4S/c1-3-4-15-31-20-11-12-21(24(28)23(20)27)34-18-19(17-30-2)29-25(34)26(13-7-5-8-14-26)33-22-10-6-9-16-32-22/h11-12,19,22,34H,3-10,13-18H2,1-2H3. The first-order valence-electron chi connectivity index (χ1n) is 12.8. The van der Waals surface area contributed by atoms with Crippen LogP contribution in [0.5, 0.6) is 5.75 Å². The molecule has 3 unspecified atom stereocenters. The van der Waals surface area contributed by atoms with Crippen molar-refractivity contribution in [1.82, 2.24) is 0 Å². The minimum atomic E-state index is -1.20. The van der Waals surface area contributed by atoms with Gasteiger partial charge in [0.1, 0.15) is 5.60 Å². The third kappa shape index (κ3) is 5.77. The summed E-state index contributed by atoms with van der Waals surface area (Å²) in [5, 5.41) is 0.899. The van der Waals surface area contributed by atoms with Gasteiger partial charge in [0, 0.05) is 24.4 Å². The van der Waals surface area contributed by atoms with Gasteiger partial charge in [-0.1, -0.05) is 32.6 Å². The molecule has 3 aliphatic rings. The van der Waals surface area contributed by atoms with Crippen molar-refractivity contribution in [3.8, 4) is 5.75 Å². The maximum Gasteiger partial charge on any atom is 0.201 e. The molecule has 0 N–H and O–H groups in total. The Morgan fingerprint density at radius 3 is 2.65 bits per heavy atom. The molecule has 0 radical (unpaired) electrons. The van der Waals surface area contributed by atoms with Gasteiger partial charge in [-0.25, -0.2) is 4.39 Å². The summed E-state index contributed by atoms with van der Waals surface area (Å²) in [6.07, 6.45) is 9.35. The van der Waals surface area contributed by atoms with E-state index in [1.165, 1.54) is 0 Å². The Labute approximate surface area is 204 Å². The second-order valence-electron chi connectivity index (χ2n) is 9.55. The predicted octanol–water partition coefficient (Wildman–Crippen LogP) is 6.18.